The second kappa shape index (κ2) is 9.73. The number of hydrogen-bond acceptors (Lipinski definition) is 3. The summed E-state index contributed by atoms with van der Waals surface area (Å²) in [5, 5.41) is 6.61. The second-order valence-corrected chi connectivity index (χ2v) is 7.66. The minimum Gasteiger partial charge on any atom is -0.356 e. The Morgan fingerprint density at radius 1 is 0.879 bits per heavy atom. The molecule has 0 atom stereocenters. The van der Waals surface area contributed by atoms with E-state index in [-0.39, 0.29) is 12.3 Å². The number of carbonyl (C=O) groups excluding carboxylic acids is 1. The molecule has 0 fully saturated rings. The highest BCUT2D eigenvalue weighted by atomic mass is 19.4. The van der Waals surface area contributed by atoms with Crippen LogP contribution in [0.4, 0.5) is 18.9 Å². The number of alkyl halides is 3. The van der Waals surface area contributed by atoms with Crippen LogP contribution in [-0.2, 0) is 23.8 Å². The van der Waals surface area contributed by atoms with E-state index in [0.717, 1.165) is 24.1 Å². The van der Waals surface area contributed by atoms with E-state index in [1.807, 2.05) is 42.5 Å². The van der Waals surface area contributed by atoms with Gasteiger partial charge in [0.2, 0.25) is 5.91 Å². The summed E-state index contributed by atoms with van der Waals surface area (Å²) in [4.78, 5) is 12.4. The number of aromatic nitrogens is 1. The Bertz CT molecular complexity index is 1200. The van der Waals surface area contributed by atoms with Crippen LogP contribution < -0.4 is 5.32 Å². The van der Waals surface area contributed by atoms with Crippen molar-refractivity contribution in [3.63, 3.8) is 0 Å². The van der Waals surface area contributed by atoms with Gasteiger partial charge in [-0.3, -0.25) is 4.79 Å². The molecule has 1 aromatic heterocycles. The van der Waals surface area contributed by atoms with Gasteiger partial charge in [0.25, 0.3) is 0 Å². The van der Waals surface area contributed by atoms with Crippen LogP contribution in [0.2, 0.25) is 0 Å². The largest absolute Gasteiger partial charge is 0.416 e. The van der Waals surface area contributed by atoms with E-state index in [9.17, 15) is 18.0 Å². The van der Waals surface area contributed by atoms with Gasteiger partial charge in [-0.15, -0.1) is 0 Å². The fourth-order valence-electron chi connectivity index (χ4n) is 3.50. The van der Waals surface area contributed by atoms with E-state index in [4.69, 9.17) is 4.52 Å². The fraction of sp³-hybridized carbons (Fsp3) is 0.154. The first kappa shape index (κ1) is 22.3. The lowest BCUT2D eigenvalue weighted by Gasteiger charge is -2.08. The average molecular weight is 450 g/mol. The maximum atomic E-state index is 12.8. The minimum atomic E-state index is -4.40. The topological polar surface area (TPSA) is 55.1 Å². The van der Waals surface area contributed by atoms with Crippen LogP contribution in [-0.4, -0.2) is 11.1 Å². The Balaban J connectivity index is 1.33. The zero-order valence-corrected chi connectivity index (χ0v) is 17.6. The Kier molecular flexibility index (Phi) is 6.58. The molecule has 4 aromatic rings. The first-order valence-electron chi connectivity index (χ1n) is 10.4. The monoisotopic (exact) mass is 450 g/mol. The predicted molar refractivity (Wildman–Crippen MR) is 120 cm³/mol. The van der Waals surface area contributed by atoms with E-state index >= 15 is 0 Å². The Labute approximate surface area is 189 Å². The summed E-state index contributed by atoms with van der Waals surface area (Å²) in [6.45, 7) is 0. The predicted octanol–water partition coefficient (Wildman–Crippen LogP) is 6.52. The number of aryl methyl sites for hydroxylation is 1. The van der Waals surface area contributed by atoms with Gasteiger partial charge < -0.3 is 9.84 Å². The minimum absolute atomic E-state index is 0.176. The summed E-state index contributed by atoms with van der Waals surface area (Å²) in [6.07, 6.45) is -1.58. The summed E-state index contributed by atoms with van der Waals surface area (Å²) >= 11 is 0. The molecule has 7 heteroatoms. The van der Waals surface area contributed by atoms with Gasteiger partial charge in [-0.2, -0.15) is 13.2 Å². The maximum absolute atomic E-state index is 12.8. The van der Waals surface area contributed by atoms with Crippen LogP contribution in [0, 0.1) is 0 Å². The molecule has 3 aromatic carbocycles. The van der Waals surface area contributed by atoms with E-state index < -0.39 is 11.7 Å². The number of amides is 1. The van der Waals surface area contributed by atoms with Crippen LogP contribution in [0.15, 0.2) is 89.6 Å². The third kappa shape index (κ3) is 5.88. The van der Waals surface area contributed by atoms with Crippen molar-refractivity contribution in [1.29, 1.82) is 0 Å². The molecular formula is C26H21F3N2O2. The number of halogens is 3. The summed E-state index contributed by atoms with van der Waals surface area (Å²) < 4.78 is 43.5. The average Bonchev–Trinajstić information content (AvgIpc) is 3.28. The molecule has 4 nitrogen and oxygen atoms in total. The molecule has 168 valence electrons. The van der Waals surface area contributed by atoms with Crippen molar-refractivity contribution >= 4 is 11.6 Å². The van der Waals surface area contributed by atoms with Gasteiger partial charge in [-0.25, -0.2) is 0 Å². The number of rotatable bonds is 7. The highest BCUT2D eigenvalue weighted by molar-refractivity contribution is 5.90. The van der Waals surface area contributed by atoms with Gasteiger partial charge in [0, 0.05) is 23.2 Å². The number of carbonyl (C=O) groups is 1. The molecule has 0 unspecified atom stereocenters. The second-order valence-electron chi connectivity index (χ2n) is 7.66. The standard InChI is InChI=1S/C26H21F3N2O2/c27-26(28,29)22-11-8-20(9-12-22)25-21(17-30-33-25)10-15-24(32)31-23-13-6-19(7-14-23)16-18-4-2-1-3-5-18/h1-9,11-14,17H,10,15-16H2,(H,31,32). The molecule has 0 aliphatic carbocycles. The lowest BCUT2D eigenvalue weighted by Crippen LogP contribution is -2.12. The van der Waals surface area contributed by atoms with Crippen molar-refractivity contribution in [2.24, 2.45) is 0 Å². The SMILES string of the molecule is O=C(CCc1cnoc1-c1ccc(C(F)(F)F)cc1)Nc1ccc(Cc2ccccc2)cc1. The molecule has 0 spiro atoms. The third-order valence-electron chi connectivity index (χ3n) is 5.23. The molecule has 1 heterocycles. The molecule has 33 heavy (non-hydrogen) atoms. The molecule has 4 rings (SSSR count). The van der Waals surface area contributed by atoms with Crippen molar-refractivity contribution in [3.8, 4) is 11.3 Å². The summed E-state index contributed by atoms with van der Waals surface area (Å²) in [5.74, 6) is 0.187. The van der Waals surface area contributed by atoms with Gasteiger partial charge in [0.1, 0.15) is 0 Å². The number of nitrogens with zero attached hydrogens (tertiary/aromatic N) is 1. The van der Waals surface area contributed by atoms with Gasteiger partial charge in [0.05, 0.1) is 11.8 Å². The van der Waals surface area contributed by atoms with E-state index in [1.54, 1.807) is 0 Å². The lowest BCUT2D eigenvalue weighted by atomic mass is 10.0. The molecule has 0 saturated carbocycles. The van der Waals surface area contributed by atoms with E-state index in [2.05, 4.69) is 22.6 Å². The summed E-state index contributed by atoms with van der Waals surface area (Å²) in [7, 11) is 0. The van der Waals surface area contributed by atoms with Gasteiger partial charge in [-0.1, -0.05) is 59.8 Å². The zero-order chi connectivity index (χ0) is 23.3. The molecular weight excluding hydrogens is 429 g/mol. The van der Waals surface area contributed by atoms with Crippen LogP contribution in [0.25, 0.3) is 11.3 Å². The fourth-order valence-corrected chi connectivity index (χ4v) is 3.50. The van der Waals surface area contributed by atoms with E-state index in [1.165, 1.54) is 23.9 Å². The van der Waals surface area contributed by atoms with Crippen LogP contribution in [0.3, 0.4) is 0 Å². The number of nitrogens with one attached hydrogen (secondary N) is 1. The number of benzene rings is 3. The van der Waals surface area contributed by atoms with Crippen molar-refractivity contribution in [3.05, 3.63) is 107 Å². The molecule has 0 aliphatic heterocycles. The zero-order valence-electron chi connectivity index (χ0n) is 17.6. The van der Waals surface area contributed by atoms with Gasteiger partial charge >= 0.3 is 6.18 Å². The Morgan fingerprint density at radius 3 is 2.21 bits per heavy atom. The Hall–Kier alpha value is -3.87. The summed E-state index contributed by atoms with van der Waals surface area (Å²) in [5.41, 5.74) is 3.45. The third-order valence-corrected chi connectivity index (χ3v) is 5.23. The normalized spacial score (nSPS) is 11.4. The first-order chi connectivity index (χ1) is 15.9. The molecule has 0 aliphatic rings. The highest BCUT2D eigenvalue weighted by Crippen LogP contribution is 2.32. The quantitative estimate of drug-likeness (QED) is 0.349. The first-order valence-corrected chi connectivity index (χ1v) is 10.4. The Morgan fingerprint density at radius 2 is 1.55 bits per heavy atom. The van der Waals surface area contributed by atoms with Crippen molar-refractivity contribution < 1.29 is 22.5 Å². The number of hydrogen-bond donors (Lipinski definition) is 1. The highest BCUT2D eigenvalue weighted by Gasteiger charge is 2.30. The van der Waals surface area contributed by atoms with Crippen LogP contribution in [0.5, 0.6) is 0 Å². The summed E-state index contributed by atoms with van der Waals surface area (Å²) in [6, 6.07) is 22.5. The van der Waals surface area contributed by atoms with Crippen LogP contribution >= 0.6 is 0 Å². The molecule has 0 radical (unpaired) electrons. The van der Waals surface area contributed by atoms with Crippen molar-refractivity contribution in [2.45, 2.75) is 25.4 Å². The van der Waals surface area contributed by atoms with Crippen molar-refractivity contribution in [2.75, 3.05) is 5.32 Å². The number of anilines is 1. The maximum Gasteiger partial charge on any atom is 0.416 e. The molecule has 1 amide bonds. The van der Waals surface area contributed by atoms with Crippen molar-refractivity contribution in [1.82, 2.24) is 5.16 Å². The molecule has 0 saturated heterocycles. The van der Waals surface area contributed by atoms with Gasteiger partial charge in [0.15, 0.2) is 5.76 Å². The van der Waals surface area contributed by atoms with Crippen LogP contribution in [0.1, 0.15) is 28.7 Å². The lowest BCUT2D eigenvalue weighted by molar-refractivity contribution is -0.137. The molecule has 1 N–H and O–H groups in total. The van der Waals surface area contributed by atoms with Gasteiger partial charge in [-0.05, 0) is 48.2 Å². The van der Waals surface area contributed by atoms with E-state index in [0.29, 0.717) is 29.0 Å². The molecule has 0 bridgehead atoms. The smallest absolute Gasteiger partial charge is 0.356 e.